The van der Waals surface area contributed by atoms with Crippen LogP contribution < -0.4 is 10.5 Å². The molecule has 0 radical (unpaired) electrons. The third-order valence-electron chi connectivity index (χ3n) is 2.51. The van der Waals surface area contributed by atoms with Gasteiger partial charge < -0.3 is 15.6 Å². The van der Waals surface area contributed by atoms with E-state index in [4.69, 9.17) is 10.5 Å². The molecular formula is C13H21NO2. The highest BCUT2D eigenvalue weighted by molar-refractivity contribution is 5.38. The van der Waals surface area contributed by atoms with Crippen LogP contribution in [0.2, 0.25) is 0 Å². The van der Waals surface area contributed by atoms with E-state index in [0.717, 1.165) is 23.3 Å². The molecule has 0 aromatic heterocycles. The monoisotopic (exact) mass is 223 g/mol. The Morgan fingerprint density at radius 2 is 2.19 bits per heavy atom. The predicted octanol–water partition coefficient (Wildman–Crippen LogP) is 2.17. The average Bonchev–Trinajstić information content (AvgIpc) is 2.28. The van der Waals surface area contributed by atoms with Gasteiger partial charge in [0.1, 0.15) is 5.75 Å². The number of aliphatic hydroxyl groups is 1. The van der Waals surface area contributed by atoms with Gasteiger partial charge in [0.15, 0.2) is 0 Å². The molecule has 0 saturated carbocycles. The lowest BCUT2D eigenvalue weighted by atomic mass is 10.0. The van der Waals surface area contributed by atoms with E-state index >= 15 is 0 Å². The largest absolute Gasteiger partial charge is 0.493 e. The van der Waals surface area contributed by atoms with Crippen LogP contribution in [-0.4, -0.2) is 18.3 Å². The molecule has 3 N–H and O–H groups in total. The summed E-state index contributed by atoms with van der Waals surface area (Å²) in [4.78, 5) is 0. The number of aliphatic hydroxyl groups excluding tert-OH is 1. The van der Waals surface area contributed by atoms with Crippen LogP contribution in [-0.2, 0) is 0 Å². The number of benzene rings is 1. The van der Waals surface area contributed by atoms with Crippen molar-refractivity contribution in [2.75, 3.05) is 13.2 Å². The summed E-state index contributed by atoms with van der Waals surface area (Å²) < 4.78 is 5.50. The second-order valence-electron chi connectivity index (χ2n) is 3.92. The molecule has 1 atom stereocenters. The number of aryl methyl sites for hydroxylation is 1. The van der Waals surface area contributed by atoms with Crippen molar-refractivity contribution in [2.24, 2.45) is 5.73 Å². The maximum Gasteiger partial charge on any atom is 0.125 e. The van der Waals surface area contributed by atoms with Crippen LogP contribution in [0, 0.1) is 6.92 Å². The van der Waals surface area contributed by atoms with E-state index in [2.05, 4.69) is 0 Å². The molecular weight excluding hydrogens is 202 g/mol. The summed E-state index contributed by atoms with van der Waals surface area (Å²) in [6, 6.07) is 5.89. The van der Waals surface area contributed by atoms with Gasteiger partial charge in [0, 0.05) is 5.56 Å². The summed E-state index contributed by atoms with van der Waals surface area (Å²) in [6.45, 7) is 5.16. The van der Waals surface area contributed by atoms with Crippen molar-refractivity contribution >= 4 is 0 Å². The Bertz CT molecular complexity index is 326. The Kier molecular flexibility index (Phi) is 5.29. The number of hydrogen-bond donors (Lipinski definition) is 2. The number of ether oxygens (including phenoxy) is 1. The molecule has 0 spiro atoms. The molecule has 3 nitrogen and oxygen atoms in total. The van der Waals surface area contributed by atoms with Gasteiger partial charge in [-0.2, -0.15) is 0 Å². The van der Waals surface area contributed by atoms with E-state index in [-0.39, 0.29) is 0 Å². The van der Waals surface area contributed by atoms with Crippen molar-refractivity contribution in [3.8, 4) is 5.75 Å². The Morgan fingerprint density at radius 1 is 1.44 bits per heavy atom. The van der Waals surface area contributed by atoms with Crippen LogP contribution in [0.3, 0.4) is 0 Å². The lowest BCUT2D eigenvalue weighted by Gasteiger charge is -2.16. The minimum Gasteiger partial charge on any atom is -0.493 e. The lowest BCUT2D eigenvalue weighted by molar-refractivity contribution is 0.160. The summed E-state index contributed by atoms with van der Waals surface area (Å²) in [7, 11) is 0. The zero-order valence-corrected chi connectivity index (χ0v) is 10.1. The Balaban J connectivity index is 2.85. The molecule has 1 aromatic rings. The molecule has 90 valence electrons. The van der Waals surface area contributed by atoms with Gasteiger partial charge in [0.05, 0.1) is 12.7 Å². The smallest absolute Gasteiger partial charge is 0.125 e. The molecule has 0 heterocycles. The molecule has 0 fully saturated rings. The molecule has 16 heavy (non-hydrogen) atoms. The third-order valence-corrected chi connectivity index (χ3v) is 2.51. The summed E-state index contributed by atoms with van der Waals surface area (Å²) in [6.07, 6.45) is 1.02. The van der Waals surface area contributed by atoms with Crippen LogP contribution >= 0.6 is 0 Å². The Hall–Kier alpha value is -1.06. The normalized spacial score (nSPS) is 12.5. The van der Waals surface area contributed by atoms with E-state index in [9.17, 15) is 5.11 Å². The molecule has 0 aliphatic rings. The van der Waals surface area contributed by atoms with E-state index in [1.165, 1.54) is 0 Å². The second kappa shape index (κ2) is 6.51. The maximum atomic E-state index is 10.0. The number of hydrogen-bond acceptors (Lipinski definition) is 3. The molecule has 1 aromatic carbocycles. The minimum atomic E-state index is -0.481. The fourth-order valence-electron chi connectivity index (χ4n) is 1.68. The average molecular weight is 223 g/mol. The van der Waals surface area contributed by atoms with Crippen molar-refractivity contribution in [2.45, 2.75) is 32.8 Å². The van der Waals surface area contributed by atoms with Crippen LogP contribution in [0.4, 0.5) is 0 Å². The second-order valence-corrected chi connectivity index (χ2v) is 3.92. The van der Waals surface area contributed by atoms with E-state index < -0.39 is 6.10 Å². The number of rotatable bonds is 6. The quantitative estimate of drug-likeness (QED) is 0.777. The van der Waals surface area contributed by atoms with Crippen molar-refractivity contribution < 1.29 is 9.84 Å². The van der Waals surface area contributed by atoms with Gasteiger partial charge in [0.2, 0.25) is 0 Å². The topological polar surface area (TPSA) is 55.5 Å². The lowest BCUT2D eigenvalue weighted by Crippen LogP contribution is -2.06. The Morgan fingerprint density at radius 3 is 2.81 bits per heavy atom. The molecule has 0 amide bonds. The van der Waals surface area contributed by atoms with Gasteiger partial charge in [-0.15, -0.1) is 0 Å². The van der Waals surface area contributed by atoms with Crippen molar-refractivity contribution in [3.63, 3.8) is 0 Å². The summed E-state index contributed by atoms with van der Waals surface area (Å²) in [5, 5.41) is 10.0. The van der Waals surface area contributed by atoms with Gasteiger partial charge in [0.25, 0.3) is 0 Å². The van der Waals surface area contributed by atoms with E-state index in [0.29, 0.717) is 19.6 Å². The standard InChI is InChI=1S/C13H21NO2/c1-3-16-13-7-6-10(2)9-11(13)12(15)5-4-8-14/h6-7,9,12,15H,3-5,8,14H2,1-2H3. The van der Waals surface area contributed by atoms with E-state index in [1.807, 2.05) is 32.0 Å². The molecule has 1 rings (SSSR count). The summed E-state index contributed by atoms with van der Waals surface area (Å²) in [5.74, 6) is 0.776. The van der Waals surface area contributed by atoms with Gasteiger partial charge in [-0.05, 0) is 45.4 Å². The van der Waals surface area contributed by atoms with Crippen molar-refractivity contribution in [3.05, 3.63) is 29.3 Å². The zero-order valence-electron chi connectivity index (χ0n) is 10.1. The first-order valence-corrected chi connectivity index (χ1v) is 5.80. The predicted molar refractivity (Wildman–Crippen MR) is 65.6 cm³/mol. The van der Waals surface area contributed by atoms with Gasteiger partial charge >= 0.3 is 0 Å². The van der Waals surface area contributed by atoms with Crippen molar-refractivity contribution in [1.82, 2.24) is 0 Å². The third kappa shape index (κ3) is 3.51. The molecule has 3 heteroatoms. The highest BCUT2D eigenvalue weighted by atomic mass is 16.5. The summed E-state index contributed by atoms with van der Waals surface area (Å²) >= 11 is 0. The first kappa shape index (κ1) is 13.0. The summed E-state index contributed by atoms with van der Waals surface area (Å²) in [5.41, 5.74) is 7.44. The van der Waals surface area contributed by atoms with Crippen LogP contribution in [0.5, 0.6) is 5.75 Å². The molecule has 0 bridgehead atoms. The van der Waals surface area contributed by atoms with Crippen molar-refractivity contribution in [1.29, 1.82) is 0 Å². The van der Waals surface area contributed by atoms with Crippen LogP contribution in [0.1, 0.15) is 37.0 Å². The Labute approximate surface area is 97.2 Å². The number of nitrogens with two attached hydrogens (primary N) is 1. The highest BCUT2D eigenvalue weighted by Crippen LogP contribution is 2.29. The van der Waals surface area contributed by atoms with Gasteiger partial charge in [-0.25, -0.2) is 0 Å². The molecule has 0 aliphatic carbocycles. The highest BCUT2D eigenvalue weighted by Gasteiger charge is 2.13. The minimum absolute atomic E-state index is 0.481. The van der Waals surface area contributed by atoms with Crippen LogP contribution in [0.25, 0.3) is 0 Å². The SMILES string of the molecule is CCOc1ccc(C)cc1C(O)CCCN. The van der Waals surface area contributed by atoms with E-state index in [1.54, 1.807) is 0 Å². The first-order chi connectivity index (χ1) is 7.69. The fourth-order valence-corrected chi connectivity index (χ4v) is 1.68. The molecule has 1 unspecified atom stereocenters. The fraction of sp³-hybridized carbons (Fsp3) is 0.538. The van der Waals surface area contributed by atoms with Gasteiger partial charge in [-0.1, -0.05) is 11.6 Å². The molecule has 0 aliphatic heterocycles. The molecule has 0 saturated heterocycles. The van der Waals surface area contributed by atoms with Gasteiger partial charge in [-0.3, -0.25) is 0 Å². The van der Waals surface area contributed by atoms with Crippen LogP contribution in [0.15, 0.2) is 18.2 Å². The first-order valence-electron chi connectivity index (χ1n) is 5.80. The zero-order chi connectivity index (χ0) is 12.0. The maximum absolute atomic E-state index is 10.0.